The maximum Gasteiger partial charge on any atom is 0.296 e. The number of methoxy groups -OCH3 is 1. The van der Waals surface area contributed by atoms with Crippen LogP contribution in [0.2, 0.25) is 5.02 Å². The lowest BCUT2D eigenvalue weighted by Gasteiger charge is -2.09. The predicted molar refractivity (Wildman–Crippen MR) is 123 cm³/mol. The van der Waals surface area contributed by atoms with Crippen LogP contribution in [0.5, 0.6) is 5.75 Å². The van der Waals surface area contributed by atoms with E-state index in [-0.39, 0.29) is 5.82 Å². The number of fused-ring (bicyclic) bond motifs is 1. The molecule has 162 valence electrons. The molecule has 7 heteroatoms. The Balaban J connectivity index is 1.77. The Bertz CT molecular complexity index is 1330. The van der Waals surface area contributed by atoms with Gasteiger partial charge in [0, 0.05) is 33.9 Å². The van der Waals surface area contributed by atoms with E-state index in [9.17, 15) is 14.0 Å². The number of aromatic nitrogens is 1. The molecule has 5 nitrogen and oxygen atoms in total. The number of hydrogen-bond donors (Lipinski definition) is 1. The molecule has 1 heterocycles. The first-order valence-electron chi connectivity index (χ1n) is 9.90. The van der Waals surface area contributed by atoms with Gasteiger partial charge in [0.25, 0.3) is 11.7 Å². The molecule has 32 heavy (non-hydrogen) atoms. The van der Waals surface area contributed by atoms with Gasteiger partial charge in [0.15, 0.2) is 0 Å². The summed E-state index contributed by atoms with van der Waals surface area (Å²) in [5, 5.41) is 3.67. The number of halogens is 2. The number of benzene rings is 3. The third-order valence-electron chi connectivity index (χ3n) is 5.30. The molecular weight excluding hydrogens is 431 g/mol. The highest BCUT2D eigenvalue weighted by Crippen LogP contribution is 2.31. The van der Waals surface area contributed by atoms with Gasteiger partial charge in [-0.3, -0.25) is 9.59 Å². The summed E-state index contributed by atoms with van der Waals surface area (Å²) in [5.41, 5.74) is 2.99. The van der Waals surface area contributed by atoms with Gasteiger partial charge in [0.2, 0.25) is 0 Å². The van der Waals surface area contributed by atoms with Gasteiger partial charge >= 0.3 is 0 Å². The van der Waals surface area contributed by atoms with E-state index < -0.39 is 11.7 Å². The largest absolute Gasteiger partial charge is 0.497 e. The number of carbonyl (C=O) groups excluding carboxylic acids is 2. The second-order valence-corrected chi connectivity index (χ2v) is 7.79. The van der Waals surface area contributed by atoms with Crippen molar-refractivity contribution in [3.63, 3.8) is 0 Å². The van der Waals surface area contributed by atoms with Crippen LogP contribution in [-0.4, -0.2) is 23.4 Å². The van der Waals surface area contributed by atoms with E-state index in [1.165, 1.54) is 19.2 Å². The third kappa shape index (κ3) is 4.22. The second-order valence-electron chi connectivity index (χ2n) is 7.35. The van der Waals surface area contributed by atoms with E-state index in [1.54, 1.807) is 55.5 Å². The summed E-state index contributed by atoms with van der Waals surface area (Å²) in [7, 11) is 1.54. The van der Waals surface area contributed by atoms with Gasteiger partial charge in [-0.1, -0.05) is 29.8 Å². The summed E-state index contributed by atoms with van der Waals surface area (Å²) in [5.74, 6) is -1.18. The summed E-state index contributed by atoms with van der Waals surface area (Å²) in [6.07, 6.45) is 0. The van der Waals surface area contributed by atoms with Gasteiger partial charge in [0.1, 0.15) is 11.6 Å². The summed E-state index contributed by atoms with van der Waals surface area (Å²) in [6.45, 7) is 2.20. The predicted octanol–water partition coefficient (Wildman–Crippen LogP) is 5.62. The Hall–Kier alpha value is -3.64. The van der Waals surface area contributed by atoms with Crippen molar-refractivity contribution >= 4 is 39.9 Å². The van der Waals surface area contributed by atoms with Crippen molar-refractivity contribution in [1.29, 1.82) is 0 Å². The Labute approximate surface area is 189 Å². The Morgan fingerprint density at radius 3 is 2.50 bits per heavy atom. The van der Waals surface area contributed by atoms with E-state index in [0.29, 0.717) is 39.6 Å². The fourth-order valence-corrected chi connectivity index (χ4v) is 3.91. The van der Waals surface area contributed by atoms with E-state index in [4.69, 9.17) is 16.3 Å². The fourth-order valence-electron chi connectivity index (χ4n) is 3.72. The molecule has 0 bridgehead atoms. The molecule has 4 rings (SSSR count). The second kappa shape index (κ2) is 8.85. The zero-order chi connectivity index (χ0) is 22.8. The van der Waals surface area contributed by atoms with Crippen LogP contribution in [0.15, 0.2) is 66.7 Å². The smallest absolute Gasteiger partial charge is 0.296 e. The first-order valence-corrected chi connectivity index (χ1v) is 10.3. The van der Waals surface area contributed by atoms with Crippen LogP contribution in [0.3, 0.4) is 0 Å². The topological polar surface area (TPSA) is 60.3 Å². The first-order chi connectivity index (χ1) is 15.4. The van der Waals surface area contributed by atoms with Gasteiger partial charge in [-0.25, -0.2) is 4.39 Å². The van der Waals surface area contributed by atoms with E-state index in [0.717, 1.165) is 11.1 Å². The molecule has 0 aliphatic heterocycles. The Kier molecular flexibility index (Phi) is 5.97. The number of amides is 1. The molecule has 0 spiro atoms. The average molecular weight is 451 g/mol. The maximum atomic E-state index is 13.3. The highest BCUT2D eigenvalue weighted by Gasteiger charge is 2.26. The zero-order valence-corrected chi connectivity index (χ0v) is 18.2. The number of ether oxygens (including phenoxy) is 1. The van der Waals surface area contributed by atoms with Crippen molar-refractivity contribution in [2.45, 2.75) is 13.5 Å². The summed E-state index contributed by atoms with van der Waals surface area (Å²) < 4.78 is 20.6. The van der Waals surface area contributed by atoms with Crippen LogP contribution >= 0.6 is 11.6 Å². The number of nitrogens with zero attached hydrogens (tertiary/aromatic N) is 1. The molecule has 0 saturated carbocycles. The highest BCUT2D eigenvalue weighted by atomic mass is 35.5. The molecule has 0 aliphatic carbocycles. The van der Waals surface area contributed by atoms with Crippen molar-refractivity contribution in [2.24, 2.45) is 0 Å². The molecular formula is C25H20ClFN2O3. The van der Waals surface area contributed by atoms with Crippen molar-refractivity contribution < 1.29 is 18.7 Å². The number of rotatable bonds is 6. The van der Waals surface area contributed by atoms with Crippen LogP contribution in [0.25, 0.3) is 10.9 Å². The van der Waals surface area contributed by atoms with Crippen LogP contribution in [0.4, 0.5) is 10.1 Å². The Morgan fingerprint density at radius 2 is 1.81 bits per heavy atom. The molecule has 0 saturated heterocycles. The van der Waals surface area contributed by atoms with Gasteiger partial charge < -0.3 is 14.6 Å². The average Bonchev–Trinajstić information content (AvgIpc) is 3.05. The molecule has 0 aliphatic rings. The molecule has 0 fully saturated rings. The number of nitrogens with one attached hydrogen (secondary N) is 1. The fraction of sp³-hybridized carbons (Fsp3) is 0.120. The quantitative estimate of drug-likeness (QED) is 0.306. The minimum absolute atomic E-state index is 0.292. The lowest BCUT2D eigenvalue weighted by molar-refractivity contribution is -0.112. The monoisotopic (exact) mass is 450 g/mol. The molecule has 3 aromatic carbocycles. The van der Waals surface area contributed by atoms with Crippen LogP contribution < -0.4 is 10.1 Å². The SMILES string of the molecule is COc1ccc2c(c1)c(C(=O)C(=O)Nc1cccc(Cl)c1)c(C)n2Cc1ccc(F)cc1. The number of ketones is 1. The lowest BCUT2D eigenvalue weighted by atomic mass is 10.1. The summed E-state index contributed by atoms with van der Waals surface area (Å²) in [6, 6.07) is 18.1. The summed E-state index contributed by atoms with van der Waals surface area (Å²) >= 11 is 5.97. The molecule has 4 aromatic rings. The molecule has 0 unspecified atom stereocenters. The number of carbonyl (C=O) groups is 2. The van der Waals surface area contributed by atoms with Crippen LogP contribution in [-0.2, 0) is 11.3 Å². The van der Waals surface area contributed by atoms with Crippen LogP contribution in [0.1, 0.15) is 21.6 Å². The van der Waals surface area contributed by atoms with Gasteiger partial charge in [-0.15, -0.1) is 0 Å². The lowest BCUT2D eigenvalue weighted by Crippen LogP contribution is -2.23. The zero-order valence-electron chi connectivity index (χ0n) is 17.5. The van der Waals surface area contributed by atoms with Gasteiger partial charge in [-0.05, 0) is 61.0 Å². The van der Waals surface area contributed by atoms with Crippen molar-refractivity contribution in [3.05, 3.63) is 94.4 Å². The normalized spacial score (nSPS) is 10.9. The third-order valence-corrected chi connectivity index (χ3v) is 5.54. The first kappa shape index (κ1) is 21.6. The van der Waals surface area contributed by atoms with Crippen molar-refractivity contribution in [3.8, 4) is 5.75 Å². The van der Waals surface area contributed by atoms with E-state index >= 15 is 0 Å². The van der Waals surface area contributed by atoms with E-state index in [2.05, 4.69) is 5.32 Å². The van der Waals surface area contributed by atoms with Crippen molar-refractivity contribution in [2.75, 3.05) is 12.4 Å². The molecule has 1 aromatic heterocycles. The van der Waals surface area contributed by atoms with Crippen LogP contribution in [0, 0.1) is 12.7 Å². The summed E-state index contributed by atoms with van der Waals surface area (Å²) in [4.78, 5) is 26.0. The minimum atomic E-state index is -0.765. The van der Waals surface area contributed by atoms with Gasteiger partial charge in [0.05, 0.1) is 12.7 Å². The van der Waals surface area contributed by atoms with Crippen molar-refractivity contribution in [1.82, 2.24) is 4.57 Å². The molecule has 0 atom stereocenters. The standard InChI is InChI=1S/C25H20ClFN2O3/c1-15-23(24(30)25(31)28-19-5-3-4-17(26)12-19)21-13-20(32-2)10-11-22(21)29(15)14-16-6-8-18(27)9-7-16/h3-13H,14H2,1-2H3,(H,28,31). The minimum Gasteiger partial charge on any atom is -0.497 e. The molecule has 0 radical (unpaired) electrons. The number of anilines is 1. The molecule has 1 amide bonds. The Morgan fingerprint density at radius 1 is 1.06 bits per heavy atom. The van der Waals surface area contributed by atoms with Gasteiger partial charge in [-0.2, -0.15) is 0 Å². The maximum absolute atomic E-state index is 13.3. The molecule has 1 N–H and O–H groups in total. The number of Topliss-reactive ketones (excluding diaryl/α,β-unsaturated/α-hetero) is 1. The van der Waals surface area contributed by atoms with E-state index in [1.807, 2.05) is 10.6 Å². The number of hydrogen-bond acceptors (Lipinski definition) is 3. The highest BCUT2D eigenvalue weighted by molar-refractivity contribution is 6.48.